The SMILES string of the molecule is O=S(=O)(Cc1c(Cl)cccc1Cl)N1CCCc2ccccc21. The van der Waals surface area contributed by atoms with Gasteiger partial charge in [-0.05, 0) is 36.6 Å². The molecular weight excluding hydrogens is 341 g/mol. The van der Waals surface area contributed by atoms with Gasteiger partial charge in [-0.3, -0.25) is 4.31 Å². The number of halogens is 2. The molecule has 0 amide bonds. The fourth-order valence-electron chi connectivity index (χ4n) is 2.72. The molecule has 2 aromatic rings. The first-order chi connectivity index (χ1) is 10.5. The van der Waals surface area contributed by atoms with E-state index in [0.717, 1.165) is 24.1 Å². The first kappa shape index (κ1) is 15.7. The Bertz CT molecular complexity index is 785. The molecule has 0 spiro atoms. The molecule has 0 aliphatic carbocycles. The second-order valence-electron chi connectivity index (χ2n) is 5.26. The van der Waals surface area contributed by atoms with Gasteiger partial charge in [0, 0.05) is 22.2 Å². The Morgan fingerprint density at radius 1 is 1.00 bits per heavy atom. The zero-order chi connectivity index (χ0) is 15.7. The van der Waals surface area contributed by atoms with Crippen LogP contribution in [0, 0.1) is 0 Å². The molecule has 3 rings (SSSR count). The maximum absolute atomic E-state index is 12.8. The summed E-state index contributed by atoms with van der Waals surface area (Å²) in [5, 5.41) is 0.753. The summed E-state index contributed by atoms with van der Waals surface area (Å²) in [6.07, 6.45) is 1.71. The van der Waals surface area contributed by atoms with Gasteiger partial charge in [0.25, 0.3) is 0 Å². The van der Waals surface area contributed by atoms with Crippen LogP contribution in [0.1, 0.15) is 17.5 Å². The minimum absolute atomic E-state index is 0.195. The number of hydrogen-bond donors (Lipinski definition) is 0. The molecule has 116 valence electrons. The van der Waals surface area contributed by atoms with Crippen LogP contribution in [0.3, 0.4) is 0 Å². The van der Waals surface area contributed by atoms with Gasteiger partial charge in [-0.15, -0.1) is 0 Å². The van der Waals surface area contributed by atoms with Gasteiger partial charge >= 0.3 is 0 Å². The average Bonchev–Trinajstić information content (AvgIpc) is 2.50. The van der Waals surface area contributed by atoms with Gasteiger partial charge in [0.15, 0.2) is 0 Å². The molecule has 0 aromatic heterocycles. The van der Waals surface area contributed by atoms with Crippen molar-refractivity contribution in [1.82, 2.24) is 0 Å². The number of benzene rings is 2. The van der Waals surface area contributed by atoms with E-state index in [-0.39, 0.29) is 5.75 Å². The molecule has 2 aromatic carbocycles. The van der Waals surface area contributed by atoms with E-state index in [0.29, 0.717) is 22.2 Å². The predicted octanol–water partition coefficient (Wildman–Crippen LogP) is 4.28. The Kier molecular flexibility index (Phi) is 4.35. The predicted molar refractivity (Wildman–Crippen MR) is 91.2 cm³/mol. The second kappa shape index (κ2) is 6.11. The van der Waals surface area contributed by atoms with Crippen molar-refractivity contribution in [3.05, 3.63) is 63.6 Å². The smallest absolute Gasteiger partial charge is 0.239 e. The molecule has 0 atom stereocenters. The largest absolute Gasteiger partial charge is 0.270 e. The maximum atomic E-state index is 12.8. The fraction of sp³-hybridized carbons (Fsp3) is 0.250. The monoisotopic (exact) mass is 355 g/mol. The van der Waals surface area contributed by atoms with Crippen molar-refractivity contribution >= 4 is 38.9 Å². The zero-order valence-electron chi connectivity index (χ0n) is 11.8. The lowest BCUT2D eigenvalue weighted by molar-refractivity contribution is 0.586. The third-order valence-corrected chi connectivity index (χ3v) is 6.20. The van der Waals surface area contributed by atoms with Crippen LogP contribution in [-0.2, 0) is 22.2 Å². The first-order valence-corrected chi connectivity index (χ1v) is 9.37. The van der Waals surface area contributed by atoms with E-state index in [1.165, 1.54) is 4.31 Å². The lowest BCUT2D eigenvalue weighted by Gasteiger charge is -2.30. The topological polar surface area (TPSA) is 37.4 Å². The van der Waals surface area contributed by atoms with E-state index in [9.17, 15) is 8.42 Å². The fourth-order valence-corrected chi connectivity index (χ4v) is 5.12. The average molecular weight is 356 g/mol. The van der Waals surface area contributed by atoms with Gasteiger partial charge in [-0.1, -0.05) is 47.5 Å². The lowest BCUT2D eigenvalue weighted by Crippen LogP contribution is -2.36. The summed E-state index contributed by atoms with van der Waals surface area (Å²) in [5.74, 6) is -0.195. The summed E-state index contributed by atoms with van der Waals surface area (Å²) in [6, 6.07) is 12.6. The van der Waals surface area contributed by atoms with Crippen molar-refractivity contribution in [3.8, 4) is 0 Å². The van der Waals surface area contributed by atoms with E-state index in [1.807, 2.05) is 24.3 Å². The maximum Gasteiger partial charge on any atom is 0.239 e. The van der Waals surface area contributed by atoms with Crippen molar-refractivity contribution in [3.63, 3.8) is 0 Å². The number of rotatable bonds is 3. The van der Waals surface area contributed by atoms with Crippen molar-refractivity contribution in [2.24, 2.45) is 0 Å². The molecule has 0 N–H and O–H groups in total. The van der Waals surface area contributed by atoms with E-state index in [4.69, 9.17) is 23.2 Å². The number of para-hydroxylation sites is 1. The minimum atomic E-state index is -3.53. The molecule has 0 saturated carbocycles. The van der Waals surface area contributed by atoms with Gasteiger partial charge in [0.1, 0.15) is 0 Å². The summed E-state index contributed by atoms with van der Waals surface area (Å²) in [7, 11) is -3.53. The molecule has 3 nitrogen and oxygen atoms in total. The van der Waals surface area contributed by atoms with Gasteiger partial charge in [-0.2, -0.15) is 0 Å². The third kappa shape index (κ3) is 2.96. The lowest BCUT2D eigenvalue weighted by atomic mass is 10.0. The normalized spacial score (nSPS) is 14.7. The Labute approximate surface area is 140 Å². The number of fused-ring (bicyclic) bond motifs is 1. The summed E-state index contributed by atoms with van der Waals surface area (Å²) in [5.41, 5.74) is 2.27. The number of sulfonamides is 1. The molecule has 1 aliphatic rings. The summed E-state index contributed by atoms with van der Waals surface area (Å²) < 4.78 is 27.1. The Morgan fingerprint density at radius 3 is 2.41 bits per heavy atom. The molecule has 0 unspecified atom stereocenters. The molecule has 22 heavy (non-hydrogen) atoms. The van der Waals surface area contributed by atoms with Crippen molar-refractivity contribution < 1.29 is 8.42 Å². The van der Waals surface area contributed by atoms with E-state index in [2.05, 4.69) is 0 Å². The van der Waals surface area contributed by atoms with Crippen LogP contribution in [0.5, 0.6) is 0 Å². The summed E-state index contributed by atoms with van der Waals surface area (Å²) >= 11 is 12.2. The highest BCUT2D eigenvalue weighted by Gasteiger charge is 2.28. The molecule has 0 fully saturated rings. The molecule has 0 bridgehead atoms. The number of nitrogens with zero attached hydrogens (tertiary/aromatic N) is 1. The van der Waals surface area contributed by atoms with Crippen LogP contribution in [0.2, 0.25) is 10.0 Å². The highest BCUT2D eigenvalue weighted by molar-refractivity contribution is 7.92. The zero-order valence-corrected chi connectivity index (χ0v) is 14.1. The highest BCUT2D eigenvalue weighted by Crippen LogP contribution is 2.32. The Hall–Kier alpha value is -1.23. The molecule has 0 radical (unpaired) electrons. The van der Waals surface area contributed by atoms with E-state index in [1.54, 1.807) is 18.2 Å². The van der Waals surface area contributed by atoms with Gasteiger partial charge < -0.3 is 0 Å². The number of anilines is 1. The van der Waals surface area contributed by atoms with Gasteiger partial charge in [0.05, 0.1) is 11.4 Å². The van der Waals surface area contributed by atoms with Crippen LogP contribution < -0.4 is 4.31 Å². The Balaban J connectivity index is 1.98. The van der Waals surface area contributed by atoms with E-state index >= 15 is 0 Å². The highest BCUT2D eigenvalue weighted by atomic mass is 35.5. The first-order valence-electron chi connectivity index (χ1n) is 7.00. The minimum Gasteiger partial charge on any atom is -0.270 e. The second-order valence-corrected chi connectivity index (χ2v) is 7.97. The van der Waals surface area contributed by atoms with Crippen LogP contribution in [-0.4, -0.2) is 15.0 Å². The third-order valence-electron chi connectivity index (χ3n) is 3.79. The Morgan fingerprint density at radius 2 is 1.68 bits per heavy atom. The standard InChI is InChI=1S/C16H15Cl2NO2S/c17-14-7-3-8-15(18)13(14)11-22(20,21)19-10-4-6-12-5-1-2-9-16(12)19/h1-3,5,7-9H,4,6,10-11H2. The molecule has 1 aliphatic heterocycles. The molecule has 0 saturated heterocycles. The van der Waals surface area contributed by atoms with Crippen LogP contribution in [0.15, 0.2) is 42.5 Å². The molecule has 6 heteroatoms. The number of hydrogen-bond acceptors (Lipinski definition) is 2. The van der Waals surface area contributed by atoms with Gasteiger partial charge in [0.2, 0.25) is 10.0 Å². The van der Waals surface area contributed by atoms with Crippen molar-refractivity contribution in [2.75, 3.05) is 10.8 Å². The van der Waals surface area contributed by atoms with Crippen LogP contribution in [0.4, 0.5) is 5.69 Å². The van der Waals surface area contributed by atoms with E-state index < -0.39 is 10.0 Å². The molecule has 1 heterocycles. The summed E-state index contributed by atoms with van der Waals surface area (Å²) in [4.78, 5) is 0. The van der Waals surface area contributed by atoms with Crippen LogP contribution >= 0.6 is 23.2 Å². The molecular formula is C16H15Cl2NO2S. The number of aryl methyl sites for hydroxylation is 1. The van der Waals surface area contributed by atoms with Crippen molar-refractivity contribution in [1.29, 1.82) is 0 Å². The van der Waals surface area contributed by atoms with Crippen molar-refractivity contribution in [2.45, 2.75) is 18.6 Å². The van der Waals surface area contributed by atoms with Gasteiger partial charge in [-0.25, -0.2) is 8.42 Å². The summed E-state index contributed by atoms with van der Waals surface area (Å²) in [6.45, 7) is 0.488. The van der Waals surface area contributed by atoms with Crippen LogP contribution in [0.25, 0.3) is 0 Å². The quantitative estimate of drug-likeness (QED) is 0.823.